The highest BCUT2D eigenvalue weighted by Crippen LogP contribution is 2.60. The van der Waals surface area contributed by atoms with E-state index in [1.165, 1.54) is 33.1 Å². The molecule has 0 spiro atoms. The first-order valence-electron chi connectivity index (χ1n) is 7.46. The van der Waals surface area contributed by atoms with E-state index in [0.29, 0.717) is 0 Å². The largest absolute Gasteiger partial charge is 0.479 e. The zero-order chi connectivity index (χ0) is 18.9. The Labute approximate surface area is 139 Å². The Morgan fingerprint density at radius 1 is 1.00 bits per heavy atom. The highest BCUT2D eigenvalue weighted by atomic mass is 31.2. The van der Waals surface area contributed by atoms with Gasteiger partial charge in [0.05, 0.1) is 0 Å². The van der Waals surface area contributed by atoms with Crippen molar-refractivity contribution in [2.45, 2.75) is 72.3 Å². The maximum atomic E-state index is 13.1. The smallest absolute Gasteiger partial charge is 0.350 e. The van der Waals surface area contributed by atoms with Gasteiger partial charge in [0.25, 0.3) is 0 Å². The van der Waals surface area contributed by atoms with Gasteiger partial charge in [-0.15, -0.1) is 0 Å². The van der Waals surface area contributed by atoms with Gasteiger partial charge in [0.2, 0.25) is 0 Å². The molecule has 0 aliphatic heterocycles. The van der Waals surface area contributed by atoms with Crippen molar-refractivity contribution >= 4 is 13.6 Å². The summed E-state index contributed by atoms with van der Waals surface area (Å²) in [5.74, 6) is -1.92. The van der Waals surface area contributed by atoms with Crippen LogP contribution in [0.2, 0.25) is 0 Å². The van der Waals surface area contributed by atoms with Gasteiger partial charge < -0.3 is 14.2 Å². The van der Waals surface area contributed by atoms with Crippen LogP contribution in [0.1, 0.15) is 55.4 Å². The van der Waals surface area contributed by atoms with Gasteiger partial charge in [-0.1, -0.05) is 20.8 Å². The van der Waals surface area contributed by atoms with Crippen molar-refractivity contribution in [3.63, 3.8) is 0 Å². The van der Waals surface area contributed by atoms with E-state index in [9.17, 15) is 14.5 Å². The number of carboxylic acids is 1. The van der Waals surface area contributed by atoms with Crippen LogP contribution in [-0.4, -0.2) is 47.3 Å². The van der Waals surface area contributed by atoms with Crippen LogP contribution in [0.5, 0.6) is 0 Å². The summed E-state index contributed by atoms with van der Waals surface area (Å²) in [6.07, 6.45) is 0. The molecule has 0 aromatic heterocycles. The molecule has 0 aliphatic rings. The van der Waals surface area contributed by atoms with Crippen LogP contribution in [0.3, 0.4) is 0 Å². The number of aliphatic carboxylic acids is 1. The molecule has 0 aromatic carbocycles. The van der Waals surface area contributed by atoms with Gasteiger partial charge in [-0.05, 0) is 40.0 Å². The topological polar surface area (TPSA) is 85.3 Å². The Bertz CT molecular complexity index is 456. The van der Waals surface area contributed by atoms with Crippen LogP contribution >= 0.6 is 7.60 Å². The summed E-state index contributed by atoms with van der Waals surface area (Å²) in [6, 6.07) is 0. The van der Waals surface area contributed by atoms with Crippen LogP contribution < -0.4 is 0 Å². The molecular weight excluding hydrogens is 321 g/mol. The second kappa shape index (κ2) is 7.19. The lowest BCUT2D eigenvalue weighted by molar-refractivity contribution is -0.290. The zero-order valence-electron chi connectivity index (χ0n) is 16.0. The van der Waals surface area contributed by atoms with E-state index in [4.69, 9.17) is 13.9 Å². The van der Waals surface area contributed by atoms with E-state index in [0.717, 1.165) is 0 Å². The van der Waals surface area contributed by atoms with Crippen molar-refractivity contribution < 1.29 is 28.4 Å². The summed E-state index contributed by atoms with van der Waals surface area (Å²) < 4.78 is 23.5. The number of hydrogen-bond donors (Lipinski definition) is 1. The Kier molecular flexibility index (Phi) is 7.05. The molecule has 0 aromatic rings. The summed E-state index contributed by atoms with van der Waals surface area (Å²) in [6.45, 7) is 14.0. The van der Waals surface area contributed by atoms with Crippen molar-refractivity contribution in [3.05, 3.63) is 0 Å². The van der Waals surface area contributed by atoms with Crippen molar-refractivity contribution in [2.75, 3.05) is 14.2 Å². The Morgan fingerprint density at radius 3 is 1.61 bits per heavy atom. The highest BCUT2D eigenvalue weighted by molar-refractivity contribution is 7.54. The van der Waals surface area contributed by atoms with Crippen molar-refractivity contribution in [1.29, 1.82) is 0 Å². The van der Waals surface area contributed by atoms with Crippen molar-refractivity contribution in [1.82, 2.24) is 5.06 Å². The third-order valence-corrected chi connectivity index (χ3v) is 5.91. The standard InChI is InChI=1S/C15H32NO6P/c1-13(2,3)11(23(19,20-9)21-10)16(14(4,5)6)22-15(7,8)12(17)18/h11H,1-10H3,(H,17,18). The quantitative estimate of drug-likeness (QED) is 0.551. The normalized spacial score (nSPS) is 15.8. The van der Waals surface area contributed by atoms with Gasteiger partial charge in [-0.3, -0.25) is 9.40 Å². The zero-order valence-corrected chi connectivity index (χ0v) is 16.9. The fourth-order valence-corrected chi connectivity index (χ4v) is 4.21. The first kappa shape index (κ1) is 22.5. The first-order chi connectivity index (χ1) is 10.0. The lowest BCUT2D eigenvalue weighted by Crippen LogP contribution is -2.57. The Balaban J connectivity index is 6.19. The van der Waals surface area contributed by atoms with Gasteiger partial charge in [-0.25, -0.2) is 4.79 Å². The molecule has 0 saturated carbocycles. The molecule has 0 amide bonds. The van der Waals surface area contributed by atoms with E-state index in [1.807, 2.05) is 41.5 Å². The van der Waals surface area contributed by atoms with Crippen LogP contribution in [0, 0.1) is 5.41 Å². The molecular formula is C15H32NO6P. The minimum absolute atomic E-state index is 0.566. The molecule has 23 heavy (non-hydrogen) atoms. The fraction of sp³-hybridized carbons (Fsp3) is 0.933. The SMILES string of the molecule is COP(=O)(OC)C(N(OC(C)(C)C(=O)O)C(C)(C)C)C(C)(C)C. The number of carboxylic acid groups (broad SMARTS) is 1. The van der Waals surface area contributed by atoms with Gasteiger partial charge in [0, 0.05) is 19.8 Å². The lowest BCUT2D eigenvalue weighted by atomic mass is 9.94. The lowest BCUT2D eigenvalue weighted by Gasteiger charge is -2.48. The summed E-state index contributed by atoms with van der Waals surface area (Å²) in [4.78, 5) is 17.3. The van der Waals surface area contributed by atoms with E-state index in [1.54, 1.807) is 0 Å². The number of rotatable bonds is 7. The van der Waals surface area contributed by atoms with Gasteiger partial charge in [-0.2, -0.15) is 5.06 Å². The van der Waals surface area contributed by atoms with Crippen LogP contribution in [0.15, 0.2) is 0 Å². The molecule has 0 bridgehead atoms. The molecule has 1 atom stereocenters. The van der Waals surface area contributed by atoms with E-state index < -0.39 is 35.9 Å². The van der Waals surface area contributed by atoms with Gasteiger partial charge in [0.15, 0.2) is 5.60 Å². The number of nitrogens with zero attached hydrogens (tertiary/aromatic N) is 1. The molecule has 0 aliphatic carbocycles. The molecule has 0 saturated heterocycles. The summed E-state index contributed by atoms with van der Waals surface area (Å²) in [5.41, 5.74) is -2.70. The predicted molar refractivity (Wildman–Crippen MR) is 89.3 cm³/mol. The molecule has 1 unspecified atom stereocenters. The third-order valence-electron chi connectivity index (χ3n) is 3.31. The minimum Gasteiger partial charge on any atom is -0.479 e. The predicted octanol–water partition coefficient (Wildman–Crippen LogP) is 3.74. The van der Waals surface area contributed by atoms with E-state index in [2.05, 4.69) is 0 Å². The summed E-state index contributed by atoms with van der Waals surface area (Å²) in [5, 5.41) is 10.8. The van der Waals surface area contributed by atoms with Gasteiger partial charge in [0.1, 0.15) is 5.78 Å². The molecule has 138 valence electrons. The monoisotopic (exact) mass is 353 g/mol. The fourth-order valence-electron chi connectivity index (χ4n) is 2.07. The average Bonchev–Trinajstić information content (AvgIpc) is 2.34. The number of hydrogen-bond acceptors (Lipinski definition) is 6. The van der Waals surface area contributed by atoms with Crippen LogP contribution in [-0.2, 0) is 23.2 Å². The molecule has 8 heteroatoms. The number of hydroxylamine groups is 2. The van der Waals surface area contributed by atoms with E-state index in [-0.39, 0.29) is 0 Å². The second-order valence-electron chi connectivity index (χ2n) is 8.05. The van der Waals surface area contributed by atoms with Crippen molar-refractivity contribution in [2.24, 2.45) is 5.41 Å². The number of carbonyl (C=O) groups is 1. The minimum atomic E-state index is -3.57. The molecule has 0 radical (unpaired) electrons. The molecule has 0 fully saturated rings. The average molecular weight is 353 g/mol. The second-order valence-corrected chi connectivity index (χ2v) is 10.3. The van der Waals surface area contributed by atoms with E-state index >= 15 is 0 Å². The molecule has 1 N–H and O–H groups in total. The van der Waals surface area contributed by atoms with Crippen molar-refractivity contribution in [3.8, 4) is 0 Å². The Hall–Kier alpha value is -0.460. The Morgan fingerprint density at radius 2 is 1.39 bits per heavy atom. The first-order valence-corrected chi connectivity index (χ1v) is 9.07. The molecule has 0 heterocycles. The molecule has 7 nitrogen and oxygen atoms in total. The third kappa shape index (κ3) is 5.54. The maximum Gasteiger partial charge on any atom is 0.350 e. The van der Waals surface area contributed by atoms with Crippen LogP contribution in [0.4, 0.5) is 0 Å². The summed E-state index contributed by atoms with van der Waals surface area (Å²) >= 11 is 0. The highest BCUT2D eigenvalue weighted by Gasteiger charge is 2.52. The maximum absolute atomic E-state index is 13.1. The van der Waals surface area contributed by atoms with Gasteiger partial charge >= 0.3 is 13.6 Å². The molecule has 0 rings (SSSR count). The van der Waals surface area contributed by atoms with Crippen LogP contribution in [0.25, 0.3) is 0 Å². The summed E-state index contributed by atoms with van der Waals surface area (Å²) in [7, 11) is -0.950.